The third kappa shape index (κ3) is 4.32. The molecule has 2 amide bonds. The molecule has 5 rings (SSSR count). The molecular weight excluding hydrogens is 420 g/mol. The smallest absolute Gasteiger partial charge is 0.407 e. The summed E-state index contributed by atoms with van der Waals surface area (Å²) in [5.74, 6) is -1.31. The van der Waals surface area contributed by atoms with Crippen molar-refractivity contribution >= 4 is 18.0 Å². The Morgan fingerprint density at radius 3 is 2.18 bits per heavy atom. The minimum atomic E-state index is -0.804. The van der Waals surface area contributed by atoms with Crippen molar-refractivity contribution in [3.63, 3.8) is 0 Å². The molecule has 0 unspecified atom stereocenters. The molecule has 0 saturated heterocycles. The summed E-state index contributed by atoms with van der Waals surface area (Å²) in [6.07, 6.45) is 2.69. The molecule has 2 saturated carbocycles. The van der Waals surface area contributed by atoms with E-state index in [9.17, 15) is 14.4 Å². The van der Waals surface area contributed by atoms with Gasteiger partial charge in [-0.25, -0.2) is 4.79 Å². The first-order valence-electron chi connectivity index (χ1n) is 11.6. The summed E-state index contributed by atoms with van der Waals surface area (Å²) in [4.78, 5) is 36.1. The van der Waals surface area contributed by atoms with Crippen LogP contribution in [0.1, 0.15) is 49.1 Å². The second kappa shape index (κ2) is 8.54. The van der Waals surface area contributed by atoms with Crippen molar-refractivity contribution in [2.75, 3.05) is 13.2 Å². The minimum absolute atomic E-state index is 0.00971. The van der Waals surface area contributed by atoms with Crippen LogP contribution in [0, 0.1) is 11.8 Å². The van der Waals surface area contributed by atoms with Gasteiger partial charge in [0.15, 0.2) is 0 Å². The third-order valence-electron chi connectivity index (χ3n) is 7.32. The first-order chi connectivity index (χ1) is 16.0. The molecule has 0 bridgehead atoms. The zero-order valence-electron chi connectivity index (χ0n) is 18.4. The van der Waals surface area contributed by atoms with Gasteiger partial charge < -0.3 is 20.5 Å². The monoisotopic (exact) mass is 448 g/mol. The molecule has 2 fully saturated rings. The van der Waals surface area contributed by atoms with Gasteiger partial charge in [-0.05, 0) is 53.9 Å². The summed E-state index contributed by atoms with van der Waals surface area (Å²) < 4.78 is 5.65. The fourth-order valence-corrected chi connectivity index (χ4v) is 5.19. The van der Waals surface area contributed by atoms with E-state index in [2.05, 4.69) is 34.9 Å². The Balaban J connectivity index is 1.15. The van der Waals surface area contributed by atoms with Gasteiger partial charge in [-0.3, -0.25) is 9.59 Å². The van der Waals surface area contributed by atoms with Gasteiger partial charge in [0.1, 0.15) is 6.61 Å². The number of hydrogen-bond acceptors (Lipinski definition) is 4. The van der Waals surface area contributed by atoms with Crippen molar-refractivity contribution in [2.24, 2.45) is 11.8 Å². The van der Waals surface area contributed by atoms with Gasteiger partial charge in [0.25, 0.3) is 0 Å². The van der Waals surface area contributed by atoms with Gasteiger partial charge >= 0.3 is 12.1 Å². The minimum Gasteiger partial charge on any atom is -0.481 e. The zero-order valence-corrected chi connectivity index (χ0v) is 18.4. The number of aliphatic carboxylic acids is 1. The van der Waals surface area contributed by atoms with E-state index in [0.717, 1.165) is 30.4 Å². The Kier molecular flexibility index (Phi) is 5.56. The van der Waals surface area contributed by atoms with Gasteiger partial charge in [-0.1, -0.05) is 48.5 Å². The lowest BCUT2D eigenvalue weighted by Crippen LogP contribution is -2.56. The van der Waals surface area contributed by atoms with Crippen molar-refractivity contribution in [2.45, 2.75) is 43.6 Å². The highest BCUT2D eigenvalue weighted by Gasteiger charge is 2.44. The molecule has 0 radical (unpaired) electrons. The molecule has 0 aromatic heterocycles. The Morgan fingerprint density at radius 2 is 1.64 bits per heavy atom. The number of fused-ring (bicyclic) bond motifs is 3. The second-order valence-electron chi connectivity index (χ2n) is 9.51. The number of alkyl carbamates (subject to hydrolysis) is 1. The lowest BCUT2D eigenvalue weighted by molar-refractivity contribution is -0.139. The number of carboxylic acids is 1. The fraction of sp³-hybridized carbons (Fsp3) is 0.423. The number of carbonyl (C=O) groups excluding carboxylic acids is 2. The first-order valence-corrected chi connectivity index (χ1v) is 11.6. The van der Waals surface area contributed by atoms with E-state index >= 15 is 0 Å². The molecule has 3 aliphatic carbocycles. The number of amides is 2. The lowest BCUT2D eigenvalue weighted by Gasteiger charge is -2.41. The lowest BCUT2D eigenvalue weighted by atomic mass is 9.74. The average Bonchev–Trinajstić information content (AvgIpc) is 3.51. The number of rotatable bonds is 8. The van der Waals surface area contributed by atoms with Crippen LogP contribution in [-0.4, -0.2) is 41.8 Å². The molecular formula is C26H28N2O5. The highest BCUT2D eigenvalue weighted by atomic mass is 16.5. The molecule has 7 heteroatoms. The van der Waals surface area contributed by atoms with Crippen LogP contribution in [0.4, 0.5) is 4.79 Å². The summed E-state index contributed by atoms with van der Waals surface area (Å²) >= 11 is 0. The van der Waals surface area contributed by atoms with Crippen LogP contribution in [0.2, 0.25) is 0 Å². The summed E-state index contributed by atoms with van der Waals surface area (Å²) in [6, 6.07) is 16.4. The van der Waals surface area contributed by atoms with E-state index in [-0.39, 0.29) is 36.7 Å². The quantitative estimate of drug-likeness (QED) is 0.572. The van der Waals surface area contributed by atoms with Gasteiger partial charge in [0, 0.05) is 18.9 Å². The average molecular weight is 449 g/mol. The predicted octanol–water partition coefficient (Wildman–Crippen LogP) is 3.67. The van der Waals surface area contributed by atoms with E-state index in [1.807, 2.05) is 24.3 Å². The largest absolute Gasteiger partial charge is 0.481 e. The van der Waals surface area contributed by atoms with E-state index in [1.165, 1.54) is 11.1 Å². The van der Waals surface area contributed by atoms with Crippen molar-refractivity contribution in [1.82, 2.24) is 10.6 Å². The van der Waals surface area contributed by atoms with E-state index < -0.39 is 17.6 Å². The van der Waals surface area contributed by atoms with Crippen LogP contribution in [0.15, 0.2) is 48.5 Å². The van der Waals surface area contributed by atoms with E-state index in [0.29, 0.717) is 13.0 Å². The molecule has 2 atom stereocenters. The number of nitrogens with one attached hydrogen (secondary N) is 2. The molecule has 0 aliphatic heterocycles. The maximum Gasteiger partial charge on any atom is 0.407 e. The van der Waals surface area contributed by atoms with Crippen LogP contribution in [-0.2, 0) is 14.3 Å². The Morgan fingerprint density at radius 1 is 1.00 bits per heavy atom. The topological polar surface area (TPSA) is 105 Å². The van der Waals surface area contributed by atoms with Crippen LogP contribution in [0.5, 0.6) is 0 Å². The summed E-state index contributed by atoms with van der Waals surface area (Å²) in [6.45, 7) is 0.608. The number of carboxylic acid groups (broad SMARTS) is 1. The molecule has 172 valence electrons. The van der Waals surface area contributed by atoms with Gasteiger partial charge in [-0.2, -0.15) is 0 Å². The van der Waals surface area contributed by atoms with Gasteiger partial charge in [0.05, 0.1) is 11.5 Å². The Hall–Kier alpha value is -3.35. The number of carbonyl (C=O) groups is 3. The third-order valence-corrected chi connectivity index (χ3v) is 7.32. The first kappa shape index (κ1) is 21.5. The number of hydrogen-bond donors (Lipinski definition) is 3. The molecule has 0 heterocycles. The van der Waals surface area contributed by atoms with Crippen LogP contribution >= 0.6 is 0 Å². The molecule has 3 aliphatic rings. The van der Waals surface area contributed by atoms with Crippen LogP contribution < -0.4 is 10.6 Å². The Bertz CT molecular complexity index is 1050. The Labute approximate surface area is 192 Å². The van der Waals surface area contributed by atoms with Crippen molar-refractivity contribution in [1.29, 1.82) is 0 Å². The summed E-state index contributed by atoms with van der Waals surface area (Å²) in [5, 5.41) is 14.8. The highest BCUT2D eigenvalue weighted by Crippen LogP contribution is 2.44. The van der Waals surface area contributed by atoms with Crippen LogP contribution in [0.25, 0.3) is 11.1 Å². The fourth-order valence-electron chi connectivity index (χ4n) is 5.19. The number of benzene rings is 2. The van der Waals surface area contributed by atoms with Crippen LogP contribution in [0.3, 0.4) is 0 Å². The van der Waals surface area contributed by atoms with E-state index in [4.69, 9.17) is 9.84 Å². The predicted molar refractivity (Wildman–Crippen MR) is 122 cm³/mol. The van der Waals surface area contributed by atoms with E-state index in [1.54, 1.807) is 0 Å². The SMILES string of the molecule is O=C(CC1(NC(=O)OCC2c3ccccc3-c3ccccc32)CCC1)NC[C@H]1C[C@H]1C(=O)O. The van der Waals surface area contributed by atoms with Crippen molar-refractivity contribution < 1.29 is 24.2 Å². The zero-order chi connectivity index (χ0) is 23.0. The molecule has 2 aromatic carbocycles. The summed E-state index contributed by atoms with van der Waals surface area (Å²) in [5.41, 5.74) is 4.08. The standard InChI is InChI=1S/C26H28N2O5/c29-23(27-14-16-12-21(16)24(30)31)13-26(10-5-11-26)28-25(32)33-15-22-19-8-3-1-6-17(19)18-7-2-4-9-20(18)22/h1-4,6-9,16,21-22H,5,10-15H2,(H,27,29)(H,28,32)(H,30,31)/t16-,21-/m1/s1. The molecule has 33 heavy (non-hydrogen) atoms. The van der Waals surface area contributed by atoms with Gasteiger partial charge in [0.2, 0.25) is 5.91 Å². The maximum atomic E-state index is 12.7. The molecule has 3 N–H and O–H groups in total. The van der Waals surface area contributed by atoms with Crippen molar-refractivity contribution in [3.05, 3.63) is 59.7 Å². The van der Waals surface area contributed by atoms with Crippen molar-refractivity contribution in [3.8, 4) is 11.1 Å². The molecule has 2 aromatic rings. The molecule has 7 nitrogen and oxygen atoms in total. The normalized spacial score (nSPS) is 21.8. The maximum absolute atomic E-state index is 12.7. The second-order valence-corrected chi connectivity index (χ2v) is 9.51. The molecule has 0 spiro atoms. The van der Waals surface area contributed by atoms with Gasteiger partial charge in [-0.15, -0.1) is 0 Å². The summed E-state index contributed by atoms with van der Waals surface area (Å²) in [7, 11) is 0. The highest BCUT2D eigenvalue weighted by molar-refractivity contribution is 5.80. The number of ether oxygens (including phenoxy) is 1.